The van der Waals surface area contributed by atoms with Crippen LogP contribution < -0.4 is 10.9 Å². The number of alkyl halides is 3. The van der Waals surface area contributed by atoms with Crippen LogP contribution >= 0.6 is 0 Å². The van der Waals surface area contributed by atoms with Gasteiger partial charge in [0.15, 0.2) is 0 Å². The number of hydrogen-bond donors (Lipinski definition) is 3. The van der Waals surface area contributed by atoms with Crippen molar-refractivity contribution in [3.8, 4) is 16.9 Å². The van der Waals surface area contributed by atoms with E-state index in [0.717, 1.165) is 47.1 Å². The van der Waals surface area contributed by atoms with Gasteiger partial charge in [0.05, 0.1) is 29.6 Å². The lowest BCUT2D eigenvalue weighted by Crippen LogP contribution is -2.41. The summed E-state index contributed by atoms with van der Waals surface area (Å²) in [6.07, 6.45) is -4.53. The van der Waals surface area contributed by atoms with Crippen LogP contribution in [0.1, 0.15) is 22.3 Å². The van der Waals surface area contributed by atoms with Crippen LogP contribution in [-0.4, -0.2) is 45.2 Å². The molecular weight excluding hydrogens is 446 g/mol. The SMILES string of the molecule is O=C(NC(CO)CCO)c1cc(-c2ccc(C(F)(F)F)cc2)nn(-c2cccc(F)c2)c1=O. The van der Waals surface area contributed by atoms with Gasteiger partial charge in [-0.15, -0.1) is 0 Å². The normalized spacial score (nSPS) is 12.4. The molecule has 2 aromatic carbocycles. The second-order valence-corrected chi connectivity index (χ2v) is 7.08. The predicted octanol–water partition coefficient (Wildman–Crippen LogP) is 2.53. The summed E-state index contributed by atoms with van der Waals surface area (Å²) < 4.78 is 53.2. The van der Waals surface area contributed by atoms with Crippen LogP contribution in [0.15, 0.2) is 59.4 Å². The molecule has 0 radical (unpaired) electrons. The van der Waals surface area contributed by atoms with Crippen molar-refractivity contribution in [2.24, 2.45) is 0 Å². The summed E-state index contributed by atoms with van der Waals surface area (Å²) in [7, 11) is 0. The van der Waals surface area contributed by atoms with E-state index >= 15 is 0 Å². The van der Waals surface area contributed by atoms with Crippen LogP contribution in [0, 0.1) is 5.82 Å². The molecule has 0 spiro atoms. The third-order valence-corrected chi connectivity index (χ3v) is 4.75. The van der Waals surface area contributed by atoms with E-state index in [-0.39, 0.29) is 30.0 Å². The molecule has 1 atom stereocenters. The highest BCUT2D eigenvalue weighted by molar-refractivity contribution is 5.95. The molecule has 0 saturated carbocycles. The Labute approximate surface area is 184 Å². The highest BCUT2D eigenvalue weighted by Gasteiger charge is 2.30. The molecule has 11 heteroatoms. The van der Waals surface area contributed by atoms with Crippen LogP contribution in [0.5, 0.6) is 0 Å². The lowest BCUT2D eigenvalue weighted by Gasteiger charge is -2.16. The number of aliphatic hydroxyl groups excluding tert-OH is 2. The Kier molecular flexibility index (Phi) is 7.24. The van der Waals surface area contributed by atoms with Gasteiger partial charge < -0.3 is 15.5 Å². The molecule has 7 nitrogen and oxygen atoms in total. The first-order valence-corrected chi connectivity index (χ1v) is 9.74. The van der Waals surface area contributed by atoms with E-state index in [4.69, 9.17) is 5.11 Å². The van der Waals surface area contributed by atoms with Crippen molar-refractivity contribution in [1.29, 1.82) is 0 Å². The Morgan fingerprint density at radius 3 is 2.36 bits per heavy atom. The minimum absolute atomic E-state index is 0.00289. The van der Waals surface area contributed by atoms with Gasteiger partial charge in [0.25, 0.3) is 11.5 Å². The van der Waals surface area contributed by atoms with Crippen molar-refractivity contribution in [1.82, 2.24) is 15.1 Å². The van der Waals surface area contributed by atoms with Gasteiger partial charge in [-0.25, -0.2) is 4.39 Å². The van der Waals surface area contributed by atoms with Crippen LogP contribution in [0.4, 0.5) is 17.6 Å². The van der Waals surface area contributed by atoms with Crippen LogP contribution in [-0.2, 0) is 6.18 Å². The number of carbonyl (C=O) groups is 1. The molecule has 33 heavy (non-hydrogen) atoms. The van der Waals surface area contributed by atoms with E-state index in [9.17, 15) is 32.3 Å². The fourth-order valence-corrected chi connectivity index (χ4v) is 3.04. The van der Waals surface area contributed by atoms with E-state index < -0.39 is 47.2 Å². The number of nitrogens with one attached hydrogen (secondary N) is 1. The predicted molar refractivity (Wildman–Crippen MR) is 110 cm³/mol. The maximum Gasteiger partial charge on any atom is 0.416 e. The Bertz CT molecular complexity index is 1190. The minimum Gasteiger partial charge on any atom is -0.396 e. The van der Waals surface area contributed by atoms with E-state index in [0.29, 0.717) is 0 Å². The van der Waals surface area contributed by atoms with Crippen molar-refractivity contribution in [2.75, 3.05) is 13.2 Å². The van der Waals surface area contributed by atoms with Gasteiger partial charge >= 0.3 is 6.18 Å². The molecular formula is C22H19F4N3O4. The number of halogens is 4. The molecule has 0 fully saturated rings. The summed E-state index contributed by atoms with van der Waals surface area (Å²) in [6.45, 7) is -0.826. The van der Waals surface area contributed by atoms with Crippen molar-refractivity contribution in [2.45, 2.75) is 18.6 Å². The molecule has 0 bridgehead atoms. The monoisotopic (exact) mass is 465 g/mol. The van der Waals surface area contributed by atoms with Gasteiger partial charge in [0.1, 0.15) is 11.4 Å². The molecule has 3 aromatic rings. The number of hydrogen-bond acceptors (Lipinski definition) is 5. The number of benzene rings is 2. The van der Waals surface area contributed by atoms with Crippen molar-refractivity contribution >= 4 is 5.91 Å². The number of aliphatic hydroxyl groups is 2. The van der Waals surface area contributed by atoms with Crippen LogP contribution in [0.2, 0.25) is 0 Å². The second kappa shape index (κ2) is 9.92. The molecule has 3 rings (SSSR count). The quantitative estimate of drug-likeness (QED) is 0.466. The maximum atomic E-state index is 13.7. The van der Waals surface area contributed by atoms with Gasteiger partial charge in [-0.3, -0.25) is 9.59 Å². The molecule has 174 valence electrons. The lowest BCUT2D eigenvalue weighted by atomic mass is 10.1. The van der Waals surface area contributed by atoms with Crippen LogP contribution in [0.3, 0.4) is 0 Å². The van der Waals surface area contributed by atoms with Crippen molar-refractivity contribution in [3.63, 3.8) is 0 Å². The Balaban J connectivity index is 2.14. The Morgan fingerprint density at radius 2 is 1.79 bits per heavy atom. The molecule has 1 aromatic heterocycles. The first kappa shape index (κ1) is 24.1. The fraction of sp³-hybridized carbons (Fsp3) is 0.227. The fourth-order valence-electron chi connectivity index (χ4n) is 3.04. The van der Waals surface area contributed by atoms with Gasteiger partial charge in [0.2, 0.25) is 0 Å². The molecule has 1 amide bonds. The van der Waals surface area contributed by atoms with E-state index in [2.05, 4.69) is 10.4 Å². The Morgan fingerprint density at radius 1 is 1.09 bits per heavy atom. The zero-order chi connectivity index (χ0) is 24.2. The van der Waals surface area contributed by atoms with Gasteiger partial charge in [0, 0.05) is 12.2 Å². The molecule has 3 N–H and O–H groups in total. The van der Waals surface area contributed by atoms with Crippen molar-refractivity contribution in [3.05, 3.63) is 81.9 Å². The highest BCUT2D eigenvalue weighted by atomic mass is 19.4. The van der Waals surface area contributed by atoms with E-state index in [1.165, 1.54) is 12.1 Å². The van der Waals surface area contributed by atoms with Gasteiger partial charge in [-0.1, -0.05) is 18.2 Å². The first-order chi connectivity index (χ1) is 15.6. The standard InChI is InChI=1S/C22H19F4N3O4/c23-15-2-1-3-17(10-15)29-21(33)18(20(32)27-16(12-31)8-9-30)11-19(28-29)13-4-6-14(7-5-13)22(24,25)26/h1-7,10-11,16,30-31H,8-9,12H2,(H,27,32). The van der Waals surface area contributed by atoms with E-state index in [1.54, 1.807) is 0 Å². The summed E-state index contributed by atoms with van der Waals surface area (Å²) in [5, 5.41) is 24.9. The number of amides is 1. The molecule has 1 unspecified atom stereocenters. The largest absolute Gasteiger partial charge is 0.416 e. The van der Waals surface area contributed by atoms with Gasteiger partial charge in [-0.05, 0) is 42.8 Å². The smallest absolute Gasteiger partial charge is 0.396 e. The third kappa shape index (κ3) is 5.62. The maximum absolute atomic E-state index is 13.7. The molecule has 1 heterocycles. The van der Waals surface area contributed by atoms with Crippen molar-refractivity contribution < 1.29 is 32.6 Å². The zero-order valence-electron chi connectivity index (χ0n) is 17.0. The number of carbonyl (C=O) groups excluding carboxylic acids is 1. The summed E-state index contributed by atoms with van der Waals surface area (Å²) in [5.74, 6) is -1.57. The average Bonchev–Trinajstić information content (AvgIpc) is 2.78. The summed E-state index contributed by atoms with van der Waals surface area (Å²) >= 11 is 0. The number of nitrogens with zero attached hydrogens (tertiary/aromatic N) is 2. The minimum atomic E-state index is -4.55. The summed E-state index contributed by atoms with van der Waals surface area (Å²) in [5.41, 5.74) is -2.07. The van der Waals surface area contributed by atoms with Crippen LogP contribution in [0.25, 0.3) is 16.9 Å². The zero-order valence-corrected chi connectivity index (χ0v) is 17.0. The Hall–Kier alpha value is -3.57. The highest BCUT2D eigenvalue weighted by Crippen LogP contribution is 2.30. The molecule has 0 aliphatic rings. The summed E-state index contributed by atoms with van der Waals surface area (Å²) in [4.78, 5) is 25.7. The number of aromatic nitrogens is 2. The molecule has 0 aliphatic carbocycles. The third-order valence-electron chi connectivity index (χ3n) is 4.75. The summed E-state index contributed by atoms with van der Waals surface area (Å²) in [6, 6.07) is 9.04. The van der Waals surface area contributed by atoms with E-state index in [1.807, 2.05) is 0 Å². The number of rotatable bonds is 7. The molecule has 0 saturated heterocycles. The molecule has 0 aliphatic heterocycles. The average molecular weight is 465 g/mol. The topological polar surface area (TPSA) is 104 Å². The second-order valence-electron chi connectivity index (χ2n) is 7.08. The van der Waals surface area contributed by atoms with Gasteiger partial charge in [-0.2, -0.15) is 23.0 Å². The lowest BCUT2D eigenvalue weighted by molar-refractivity contribution is -0.137. The first-order valence-electron chi connectivity index (χ1n) is 9.74.